The maximum atomic E-state index is 5.52. The van der Waals surface area contributed by atoms with Crippen molar-refractivity contribution in [2.24, 2.45) is 0 Å². The van der Waals surface area contributed by atoms with Crippen molar-refractivity contribution in [3.8, 4) is 5.75 Å². The number of hydrogen-bond donors (Lipinski definition) is 0. The van der Waals surface area contributed by atoms with Gasteiger partial charge in [-0.25, -0.2) is 0 Å². The van der Waals surface area contributed by atoms with Crippen LogP contribution in [0.5, 0.6) is 5.75 Å². The lowest BCUT2D eigenvalue weighted by Crippen LogP contribution is -2.23. The van der Waals surface area contributed by atoms with Crippen LogP contribution in [0.4, 0.5) is 0 Å². The van der Waals surface area contributed by atoms with E-state index >= 15 is 0 Å². The van der Waals surface area contributed by atoms with Crippen LogP contribution in [0, 0.1) is 0 Å². The minimum absolute atomic E-state index is 0.117. The molecule has 0 N–H and O–H groups in total. The standard InChI is InChI=1S/C25H28O2/c1-24(2,19-12-8-6-9-13-19)21-16-17-23(27-26-5)22(18-21)25(3,4)20-14-10-7-11-15-20/h6-18H,1-5H3. The van der Waals surface area contributed by atoms with Gasteiger partial charge in [0.25, 0.3) is 0 Å². The van der Waals surface area contributed by atoms with Gasteiger partial charge in [-0.3, -0.25) is 0 Å². The second-order valence-corrected chi connectivity index (χ2v) is 7.94. The van der Waals surface area contributed by atoms with E-state index in [9.17, 15) is 0 Å². The zero-order valence-corrected chi connectivity index (χ0v) is 16.8. The van der Waals surface area contributed by atoms with Crippen LogP contribution in [-0.4, -0.2) is 7.11 Å². The van der Waals surface area contributed by atoms with Gasteiger partial charge in [0.15, 0.2) is 5.75 Å². The smallest absolute Gasteiger partial charge is 0.169 e. The molecule has 0 aliphatic rings. The van der Waals surface area contributed by atoms with E-state index in [4.69, 9.17) is 9.78 Å². The van der Waals surface area contributed by atoms with Gasteiger partial charge in [0.2, 0.25) is 0 Å². The van der Waals surface area contributed by atoms with Crippen LogP contribution in [0.15, 0.2) is 78.9 Å². The number of benzene rings is 3. The van der Waals surface area contributed by atoms with E-state index in [-0.39, 0.29) is 10.8 Å². The zero-order chi connectivity index (χ0) is 19.5. The lowest BCUT2D eigenvalue weighted by molar-refractivity contribution is -0.179. The number of rotatable bonds is 6. The minimum Gasteiger partial charge on any atom is -0.338 e. The third-order valence-electron chi connectivity index (χ3n) is 5.54. The minimum atomic E-state index is -0.224. The van der Waals surface area contributed by atoms with Gasteiger partial charge in [-0.15, -0.1) is 0 Å². The Morgan fingerprint density at radius 2 is 1.11 bits per heavy atom. The predicted octanol–water partition coefficient (Wildman–Crippen LogP) is 6.28. The van der Waals surface area contributed by atoms with E-state index in [1.807, 2.05) is 12.1 Å². The van der Waals surface area contributed by atoms with Crippen LogP contribution in [0.1, 0.15) is 49.9 Å². The summed E-state index contributed by atoms with van der Waals surface area (Å²) in [5, 5.41) is 0. The highest BCUT2D eigenvalue weighted by Crippen LogP contribution is 2.41. The molecule has 0 bridgehead atoms. The highest BCUT2D eigenvalue weighted by Gasteiger charge is 2.30. The first-order valence-corrected chi connectivity index (χ1v) is 9.34. The van der Waals surface area contributed by atoms with E-state index in [1.165, 1.54) is 16.7 Å². The Balaban J connectivity index is 2.14. The second-order valence-electron chi connectivity index (χ2n) is 7.94. The fourth-order valence-corrected chi connectivity index (χ4v) is 3.60. The van der Waals surface area contributed by atoms with Crippen molar-refractivity contribution >= 4 is 0 Å². The van der Waals surface area contributed by atoms with Crippen LogP contribution in [-0.2, 0) is 15.7 Å². The van der Waals surface area contributed by atoms with E-state index in [0.29, 0.717) is 0 Å². The van der Waals surface area contributed by atoms with Crippen LogP contribution in [0.2, 0.25) is 0 Å². The summed E-state index contributed by atoms with van der Waals surface area (Å²) in [6.45, 7) is 8.96. The summed E-state index contributed by atoms with van der Waals surface area (Å²) in [4.78, 5) is 10.5. The molecule has 140 valence electrons. The monoisotopic (exact) mass is 360 g/mol. The summed E-state index contributed by atoms with van der Waals surface area (Å²) < 4.78 is 0. The highest BCUT2D eigenvalue weighted by molar-refractivity contribution is 5.50. The van der Waals surface area contributed by atoms with Crippen molar-refractivity contribution in [2.75, 3.05) is 7.11 Å². The van der Waals surface area contributed by atoms with E-state index in [2.05, 4.69) is 94.4 Å². The molecular formula is C25H28O2. The molecule has 0 unspecified atom stereocenters. The largest absolute Gasteiger partial charge is 0.338 e. The average molecular weight is 360 g/mol. The van der Waals surface area contributed by atoms with Crippen molar-refractivity contribution in [1.82, 2.24) is 0 Å². The molecule has 0 heterocycles. The maximum Gasteiger partial charge on any atom is 0.169 e. The van der Waals surface area contributed by atoms with Gasteiger partial charge in [-0.1, -0.05) is 100 Å². The molecule has 3 aromatic rings. The van der Waals surface area contributed by atoms with Gasteiger partial charge >= 0.3 is 0 Å². The first-order chi connectivity index (χ1) is 12.9. The Hall–Kier alpha value is -2.58. The van der Waals surface area contributed by atoms with Crippen LogP contribution in [0.3, 0.4) is 0 Å². The summed E-state index contributed by atoms with van der Waals surface area (Å²) in [6, 6.07) is 27.5. The number of hydrogen-bond acceptors (Lipinski definition) is 2. The maximum absolute atomic E-state index is 5.52. The molecule has 0 spiro atoms. The summed E-state index contributed by atoms with van der Waals surface area (Å²) in [5.74, 6) is 0.749. The van der Waals surface area contributed by atoms with Gasteiger partial charge in [0.05, 0.1) is 7.11 Å². The Kier molecular flexibility index (Phi) is 5.38. The van der Waals surface area contributed by atoms with Crippen LogP contribution < -0.4 is 4.89 Å². The predicted molar refractivity (Wildman–Crippen MR) is 111 cm³/mol. The fraction of sp³-hybridized carbons (Fsp3) is 0.280. The van der Waals surface area contributed by atoms with Crippen molar-refractivity contribution < 1.29 is 9.78 Å². The second kappa shape index (κ2) is 7.58. The van der Waals surface area contributed by atoms with Crippen LogP contribution in [0.25, 0.3) is 0 Å². The van der Waals surface area contributed by atoms with Gasteiger partial charge < -0.3 is 4.89 Å². The van der Waals surface area contributed by atoms with Crippen molar-refractivity contribution in [3.63, 3.8) is 0 Å². The van der Waals surface area contributed by atoms with Crippen molar-refractivity contribution in [3.05, 3.63) is 101 Å². The molecule has 0 aliphatic heterocycles. The van der Waals surface area contributed by atoms with E-state index in [0.717, 1.165) is 11.3 Å². The quantitative estimate of drug-likeness (QED) is 0.380. The van der Waals surface area contributed by atoms with Crippen LogP contribution >= 0.6 is 0 Å². The molecule has 0 aromatic heterocycles. The molecule has 2 nitrogen and oxygen atoms in total. The summed E-state index contributed by atoms with van der Waals surface area (Å²) in [7, 11) is 1.54. The van der Waals surface area contributed by atoms with E-state index < -0.39 is 0 Å². The molecule has 3 aromatic carbocycles. The highest BCUT2D eigenvalue weighted by atomic mass is 17.2. The van der Waals surface area contributed by atoms with Crippen molar-refractivity contribution in [2.45, 2.75) is 38.5 Å². The lowest BCUT2D eigenvalue weighted by atomic mass is 9.73. The summed E-state index contributed by atoms with van der Waals surface area (Å²) in [5.41, 5.74) is 4.54. The first-order valence-electron chi connectivity index (χ1n) is 9.34. The molecule has 0 fully saturated rings. The fourth-order valence-electron chi connectivity index (χ4n) is 3.60. The van der Waals surface area contributed by atoms with E-state index in [1.54, 1.807) is 7.11 Å². The molecule has 27 heavy (non-hydrogen) atoms. The third kappa shape index (κ3) is 3.77. The molecule has 0 radical (unpaired) electrons. The molecule has 0 saturated heterocycles. The first kappa shape index (κ1) is 19.2. The van der Waals surface area contributed by atoms with Crippen molar-refractivity contribution in [1.29, 1.82) is 0 Å². The molecule has 0 amide bonds. The Morgan fingerprint density at radius 1 is 0.593 bits per heavy atom. The summed E-state index contributed by atoms with van der Waals surface area (Å²) >= 11 is 0. The molecule has 0 atom stereocenters. The summed E-state index contributed by atoms with van der Waals surface area (Å²) in [6.07, 6.45) is 0. The molecular weight excluding hydrogens is 332 g/mol. The van der Waals surface area contributed by atoms with Gasteiger partial charge in [-0.05, 0) is 22.8 Å². The Bertz CT molecular complexity index is 881. The van der Waals surface area contributed by atoms with Gasteiger partial charge in [0.1, 0.15) is 0 Å². The molecule has 3 rings (SSSR count). The molecule has 0 saturated carbocycles. The molecule has 0 aliphatic carbocycles. The molecule has 2 heteroatoms. The SMILES string of the molecule is COOc1ccc(C(C)(C)c2ccccc2)cc1C(C)(C)c1ccccc1. The third-order valence-corrected chi connectivity index (χ3v) is 5.54. The lowest BCUT2D eigenvalue weighted by Gasteiger charge is -2.31. The average Bonchev–Trinajstić information content (AvgIpc) is 2.69. The van der Waals surface area contributed by atoms with Gasteiger partial charge in [0, 0.05) is 16.4 Å². The normalized spacial score (nSPS) is 12.0. The Morgan fingerprint density at radius 3 is 1.63 bits per heavy atom. The zero-order valence-electron chi connectivity index (χ0n) is 16.8. The topological polar surface area (TPSA) is 18.5 Å². The Labute approximate surface area is 162 Å². The van der Waals surface area contributed by atoms with Gasteiger partial charge in [-0.2, -0.15) is 4.89 Å².